The van der Waals surface area contributed by atoms with E-state index >= 15 is 0 Å². The Morgan fingerprint density at radius 3 is 2.88 bits per heavy atom. The number of rotatable bonds is 3. The van der Waals surface area contributed by atoms with Crippen molar-refractivity contribution in [2.75, 3.05) is 0 Å². The van der Waals surface area contributed by atoms with E-state index in [4.69, 9.17) is 17.3 Å². The van der Waals surface area contributed by atoms with Gasteiger partial charge in [0.1, 0.15) is 0 Å². The first kappa shape index (κ1) is 12.1. The van der Waals surface area contributed by atoms with Crippen LogP contribution < -0.4 is 5.73 Å². The van der Waals surface area contributed by atoms with Gasteiger partial charge in [-0.25, -0.2) is 0 Å². The summed E-state index contributed by atoms with van der Waals surface area (Å²) in [5, 5.41) is 4.90. The minimum atomic E-state index is -0.0911. The summed E-state index contributed by atoms with van der Waals surface area (Å²) in [6.45, 7) is 1.99. The summed E-state index contributed by atoms with van der Waals surface area (Å²) in [6.07, 6.45) is 4.56. The molecule has 1 unspecified atom stereocenters. The lowest BCUT2D eigenvalue weighted by molar-refractivity contribution is 0.718. The zero-order valence-electron chi connectivity index (χ0n) is 10.0. The van der Waals surface area contributed by atoms with Gasteiger partial charge in [-0.1, -0.05) is 29.8 Å². The maximum absolute atomic E-state index is 6.26. The molecule has 1 atom stereocenters. The van der Waals surface area contributed by atoms with Crippen LogP contribution in [0.1, 0.15) is 22.7 Å². The third-order valence-electron chi connectivity index (χ3n) is 2.84. The smallest absolute Gasteiger partial charge is 0.0522 e. The molecule has 90 valence electrons. The highest BCUT2D eigenvalue weighted by Crippen LogP contribution is 2.26. The standard InChI is InChI=1S/C13H16ClN3/c1-9-4-3-5-11(13(9)14)12(15)6-10-7-16-17(2)8-10/h3-5,7-8,12H,6,15H2,1-2H3. The van der Waals surface area contributed by atoms with Gasteiger partial charge >= 0.3 is 0 Å². The van der Waals surface area contributed by atoms with Gasteiger partial charge in [0.25, 0.3) is 0 Å². The lowest BCUT2D eigenvalue weighted by atomic mass is 10.00. The number of nitrogens with two attached hydrogens (primary N) is 1. The molecule has 1 aromatic heterocycles. The third kappa shape index (κ3) is 2.68. The molecule has 3 nitrogen and oxygen atoms in total. The van der Waals surface area contributed by atoms with Gasteiger partial charge in [0, 0.05) is 24.3 Å². The normalized spacial score (nSPS) is 12.7. The second kappa shape index (κ2) is 4.90. The molecule has 0 spiro atoms. The summed E-state index contributed by atoms with van der Waals surface area (Å²) in [7, 11) is 1.90. The van der Waals surface area contributed by atoms with Gasteiger partial charge in [-0.2, -0.15) is 5.10 Å². The van der Waals surface area contributed by atoms with Crippen molar-refractivity contribution in [3.05, 3.63) is 52.3 Å². The van der Waals surface area contributed by atoms with Crippen LogP contribution in [0.3, 0.4) is 0 Å². The van der Waals surface area contributed by atoms with Gasteiger partial charge in [-0.05, 0) is 30.0 Å². The SMILES string of the molecule is Cc1cccc(C(N)Cc2cnn(C)c2)c1Cl. The molecule has 0 fully saturated rings. The van der Waals surface area contributed by atoms with Crippen molar-refractivity contribution in [3.63, 3.8) is 0 Å². The molecule has 2 N–H and O–H groups in total. The van der Waals surface area contributed by atoms with E-state index in [1.54, 1.807) is 4.68 Å². The van der Waals surface area contributed by atoms with Crippen LogP contribution in [-0.2, 0) is 13.5 Å². The van der Waals surface area contributed by atoms with Crippen LogP contribution in [-0.4, -0.2) is 9.78 Å². The lowest BCUT2D eigenvalue weighted by Crippen LogP contribution is -2.13. The zero-order chi connectivity index (χ0) is 12.4. The molecule has 0 saturated carbocycles. The number of nitrogens with zero attached hydrogens (tertiary/aromatic N) is 2. The Balaban J connectivity index is 2.20. The van der Waals surface area contributed by atoms with Crippen molar-refractivity contribution >= 4 is 11.6 Å². The Labute approximate surface area is 106 Å². The van der Waals surface area contributed by atoms with Crippen LogP contribution in [0.25, 0.3) is 0 Å². The van der Waals surface area contributed by atoms with Crippen molar-refractivity contribution in [2.24, 2.45) is 12.8 Å². The van der Waals surface area contributed by atoms with Gasteiger partial charge < -0.3 is 5.73 Å². The molecule has 0 saturated heterocycles. The highest BCUT2D eigenvalue weighted by Gasteiger charge is 2.12. The average Bonchev–Trinajstić information content (AvgIpc) is 2.68. The van der Waals surface area contributed by atoms with E-state index in [2.05, 4.69) is 5.10 Å². The third-order valence-corrected chi connectivity index (χ3v) is 3.35. The van der Waals surface area contributed by atoms with Gasteiger partial charge in [-0.3, -0.25) is 4.68 Å². The molecule has 17 heavy (non-hydrogen) atoms. The van der Waals surface area contributed by atoms with Crippen LogP contribution in [0.4, 0.5) is 0 Å². The predicted octanol–water partition coefficient (Wildman–Crippen LogP) is 2.62. The van der Waals surface area contributed by atoms with Crippen LogP contribution in [0.15, 0.2) is 30.6 Å². The number of aromatic nitrogens is 2. The number of benzene rings is 1. The highest BCUT2D eigenvalue weighted by atomic mass is 35.5. The second-order valence-corrected chi connectivity index (χ2v) is 4.69. The molecule has 1 aromatic carbocycles. The monoisotopic (exact) mass is 249 g/mol. The van der Waals surface area contributed by atoms with Crippen LogP contribution in [0.5, 0.6) is 0 Å². The fourth-order valence-electron chi connectivity index (χ4n) is 1.90. The molecule has 0 bridgehead atoms. The van der Waals surface area contributed by atoms with E-state index in [0.717, 1.165) is 28.1 Å². The molecule has 0 radical (unpaired) electrons. The summed E-state index contributed by atoms with van der Waals surface area (Å²) in [5.41, 5.74) is 9.36. The van der Waals surface area contributed by atoms with E-state index in [9.17, 15) is 0 Å². The summed E-state index contributed by atoms with van der Waals surface area (Å²) in [4.78, 5) is 0. The van der Waals surface area contributed by atoms with Crippen LogP contribution in [0, 0.1) is 6.92 Å². The Kier molecular flexibility index (Phi) is 3.50. The summed E-state index contributed by atoms with van der Waals surface area (Å²) in [6, 6.07) is 5.87. The molecular weight excluding hydrogens is 234 g/mol. The Morgan fingerprint density at radius 1 is 1.47 bits per heavy atom. The zero-order valence-corrected chi connectivity index (χ0v) is 10.8. The highest BCUT2D eigenvalue weighted by molar-refractivity contribution is 6.32. The van der Waals surface area contributed by atoms with Crippen molar-refractivity contribution < 1.29 is 0 Å². The molecule has 4 heteroatoms. The van der Waals surface area contributed by atoms with Crippen LogP contribution >= 0.6 is 11.6 Å². The van der Waals surface area contributed by atoms with Gasteiger partial charge in [0.2, 0.25) is 0 Å². The fraction of sp³-hybridized carbons (Fsp3) is 0.308. The molecule has 0 aliphatic heterocycles. The molecule has 2 rings (SSSR count). The maximum atomic E-state index is 6.26. The van der Waals surface area contributed by atoms with Crippen molar-refractivity contribution in [3.8, 4) is 0 Å². The molecular formula is C13H16ClN3. The van der Waals surface area contributed by atoms with Gasteiger partial charge in [0.15, 0.2) is 0 Å². The van der Waals surface area contributed by atoms with Gasteiger partial charge in [0.05, 0.1) is 6.20 Å². The summed E-state index contributed by atoms with van der Waals surface area (Å²) >= 11 is 6.26. The van der Waals surface area contributed by atoms with Crippen LogP contribution in [0.2, 0.25) is 5.02 Å². The van der Waals surface area contributed by atoms with E-state index in [1.807, 2.05) is 44.6 Å². The van der Waals surface area contributed by atoms with E-state index < -0.39 is 0 Å². The second-order valence-electron chi connectivity index (χ2n) is 4.31. The number of aryl methyl sites for hydroxylation is 2. The maximum Gasteiger partial charge on any atom is 0.0522 e. The summed E-state index contributed by atoms with van der Waals surface area (Å²) < 4.78 is 1.78. The summed E-state index contributed by atoms with van der Waals surface area (Å²) in [5.74, 6) is 0. The predicted molar refractivity (Wildman–Crippen MR) is 70.0 cm³/mol. The number of halogens is 1. The lowest BCUT2D eigenvalue weighted by Gasteiger charge is -2.14. The molecule has 0 aliphatic carbocycles. The average molecular weight is 250 g/mol. The van der Waals surface area contributed by atoms with Crippen molar-refractivity contribution in [1.82, 2.24) is 9.78 Å². The van der Waals surface area contributed by atoms with E-state index in [-0.39, 0.29) is 6.04 Å². The topological polar surface area (TPSA) is 43.8 Å². The van der Waals surface area contributed by atoms with Gasteiger partial charge in [-0.15, -0.1) is 0 Å². The Bertz CT molecular complexity index is 519. The molecule has 0 aliphatic rings. The van der Waals surface area contributed by atoms with E-state index in [0.29, 0.717) is 0 Å². The fourth-order valence-corrected chi connectivity index (χ4v) is 2.16. The first-order chi connectivity index (χ1) is 8.08. The first-order valence-corrected chi connectivity index (χ1v) is 5.94. The Hall–Kier alpha value is -1.32. The largest absolute Gasteiger partial charge is 0.324 e. The van der Waals surface area contributed by atoms with Crippen molar-refractivity contribution in [1.29, 1.82) is 0 Å². The van der Waals surface area contributed by atoms with E-state index in [1.165, 1.54) is 0 Å². The Morgan fingerprint density at radius 2 is 2.24 bits per heavy atom. The quantitative estimate of drug-likeness (QED) is 0.909. The molecule has 2 aromatic rings. The minimum absolute atomic E-state index is 0.0911. The minimum Gasteiger partial charge on any atom is -0.324 e. The molecule has 1 heterocycles. The number of hydrogen-bond acceptors (Lipinski definition) is 2. The van der Waals surface area contributed by atoms with Crippen molar-refractivity contribution in [2.45, 2.75) is 19.4 Å². The molecule has 0 amide bonds. The number of hydrogen-bond donors (Lipinski definition) is 1. The first-order valence-electron chi connectivity index (χ1n) is 5.56.